The molecular formula is C16H16O3. The molecule has 0 aliphatic carbocycles. The zero-order chi connectivity index (χ0) is 13.8. The maximum atomic E-state index is 12.2. The molecule has 3 heteroatoms. The normalized spacial score (nSPS) is 16.7. The van der Waals surface area contributed by atoms with Crippen molar-refractivity contribution < 1.29 is 14.3 Å². The van der Waals surface area contributed by atoms with Gasteiger partial charge in [-0.3, -0.25) is 0 Å². The summed E-state index contributed by atoms with van der Waals surface area (Å²) in [5.41, 5.74) is 2.45. The van der Waals surface area contributed by atoms with E-state index in [1.165, 1.54) is 0 Å². The van der Waals surface area contributed by atoms with Crippen LogP contribution in [0.1, 0.15) is 35.3 Å². The van der Waals surface area contributed by atoms with E-state index >= 15 is 0 Å². The molecule has 2 aromatic carbocycles. The lowest BCUT2D eigenvalue weighted by Crippen LogP contribution is -2.39. The van der Waals surface area contributed by atoms with Crippen molar-refractivity contribution >= 4 is 16.7 Å². The minimum Gasteiger partial charge on any atom is -0.452 e. The number of carbonyl (C=O) groups excluding carboxylic acids is 1. The first-order valence-corrected chi connectivity index (χ1v) is 6.35. The molecule has 0 spiro atoms. The molecule has 3 rings (SSSR count). The van der Waals surface area contributed by atoms with Gasteiger partial charge >= 0.3 is 5.97 Å². The summed E-state index contributed by atoms with van der Waals surface area (Å²) in [6.45, 7) is 7.41. The molecule has 0 bridgehead atoms. The minimum absolute atomic E-state index is 0.308. The van der Waals surface area contributed by atoms with Gasteiger partial charge in [0.25, 0.3) is 0 Å². The smallest absolute Gasteiger partial charge is 0.345 e. The molecule has 1 aliphatic heterocycles. The zero-order valence-electron chi connectivity index (χ0n) is 11.5. The molecule has 0 aromatic heterocycles. The predicted molar refractivity (Wildman–Crippen MR) is 73.5 cm³/mol. The molecule has 0 N–H and O–H groups in total. The molecule has 0 amide bonds. The van der Waals surface area contributed by atoms with E-state index < -0.39 is 5.79 Å². The van der Waals surface area contributed by atoms with Crippen molar-refractivity contribution in [2.45, 2.75) is 33.5 Å². The maximum absolute atomic E-state index is 12.2. The summed E-state index contributed by atoms with van der Waals surface area (Å²) in [6, 6.07) is 8.03. The van der Waals surface area contributed by atoms with Crippen molar-refractivity contribution in [1.82, 2.24) is 0 Å². The van der Waals surface area contributed by atoms with Crippen LogP contribution in [0, 0.1) is 13.8 Å². The third-order valence-electron chi connectivity index (χ3n) is 3.57. The topological polar surface area (TPSA) is 35.5 Å². The molecular weight excluding hydrogens is 240 g/mol. The highest BCUT2D eigenvalue weighted by atomic mass is 16.7. The molecule has 0 atom stereocenters. The van der Waals surface area contributed by atoms with Gasteiger partial charge in [0.2, 0.25) is 5.79 Å². The Labute approximate surface area is 112 Å². The van der Waals surface area contributed by atoms with Crippen molar-refractivity contribution in [2.24, 2.45) is 0 Å². The molecule has 0 radical (unpaired) electrons. The van der Waals surface area contributed by atoms with Crippen LogP contribution in [0.5, 0.6) is 5.75 Å². The Kier molecular flexibility index (Phi) is 2.36. The lowest BCUT2D eigenvalue weighted by atomic mass is 9.94. The summed E-state index contributed by atoms with van der Waals surface area (Å²) >= 11 is 0. The van der Waals surface area contributed by atoms with Crippen LogP contribution >= 0.6 is 0 Å². The van der Waals surface area contributed by atoms with Gasteiger partial charge in [-0.05, 0) is 35.7 Å². The molecule has 1 heterocycles. The largest absolute Gasteiger partial charge is 0.452 e. The monoisotopic (exact) mass is 256 g/mol. The number of carbonyl (C=O) groups is 1. The fraction of sp³-hybridized carbons (Fsp3) is 0.312. The van der Waals surface area contributed by atoms with Crippen LogP contribution in [-0.2, 0) is 4.74 Å². The third-order valence-corrected chi connectivity index (χ3v) is 3.57. The Hall–Kier alpha value is -2.03. The van der Waals surface area contributed by atoms with Crippen molar-refractivity contribution in [1.29, 1.82) is 0 Å². The van der Waals surface area contributed by atoms with Gasteiger partial charge in [-0.15, -0.1) is 0 Å². The summed E-state index contributed by atoms with van der Waals surface area (Å²) in [5.74, 6) is -0.570. The lowest BCUT2D eigenvalue weighted by Gasteiger charge is -2.34. The van der Waals surface area contributed by atoms with E-state index in [0.717, 1.165) is 21.9 Å². The van der Waals surface area contributed by atoms with Crippen LogP contribution in [0.25, 0.3) is 10.8 Å². The Bertz CT molecular complexity index is 699. The molecule has 0 unspecified atom stereocenters. The van der Waals surface area contributed by atoms with Crippen molar-refractivity contribution in [2.75, 3.05) is 0 Å². The fourth-order valence-corrected chi connectivity index (χ4v) is 2.67. The number of hydrogen-bond acceptors (Lipinski definition) is 3. The molecule has 98 valence electrons. The van der Waals surface area contributed by atoms with Gasteiger partial charge in [-0.1, -0.05) is 24.3 Å². The Morgan fingerprint density at radius 2 is 1.53 bits per heavy atom. The number of fused-ring (bicyclic) bond motifs is 2. The van der Waals surface area contributed by atoms with Gasteiger partial charge in [0.1, 0.15) is 11.3 Å². The quantitative estimate of drug-likeness (QED) is 0.673. The average Bonchev–Trinajstić information content (AvgIpc) is 2.34. The van der Waals surface area contributed by atoms with E-state index in [9.17, 15) is 4.79 Å². The second-order valence-electron chi connectivity index (χ2n) is 5.39. The molecule has 2 aromatic rings. The van der Waals surface area contributed by atoms with E-state index in [1.54, 1.807) is 13.8 Å². The number of ether oxygens (including phenoxy) is 2. The number of hydrogen-bond donors (Lipinski definition) is 0. The summed E-state index contributed by atoms with van der Waals surface area (Å²) < 4.78 is 11.2. The number of aryl methyl sites for hydroxylation is 2. The van der Waals surface area contributed by atoms with E-state index in [2.05, 4.69) is 0 Å². The summed E-state index contributed by atoms with van der Waals surface area (Å²) in [5, 5.41) is 2.18. The standard InChI is InChI=1S/C16H16O3/c1-9-11-7-5-6-8-12(11)10(2)14-13(9)15(17)19-16(3,4)18-14/h5-8H,1-4H3. The Morgan fingerprint density at radius 3 is 2.16 bits per heavy atom. The number of cyclic esters (lactones) is 1. The van der Waals surface area contributed by atoms with E-state index in [0.29, 0.717) is 11.3 Å². The van der Waals surface area contributed by atoms with Crippen LogP contribution in [-0.4, -0.2) is 11.8 Å². The van der Waals surface area contributed by atoms with Crippen LogP contribution in [0.3, 0.4) is 0 Å². The first-order valence-electron chi connectivity index (χ1n) is 6.35. The van der Waals surface area contributed by atoms with Gasteiger partial charge in [0, 0.05) is 13.8 Å². The van der Waals surface area contributed by atoms with E-state index in [4.69, 9.17) is 9.47 Å². The highest BCUT2D eigenvalue weighted by molar-refractivity contribution is 6.04. The number of benzene rings is 2. The Morgan fingerprint density at radius 1 is 0.947 bits per heavy atom. The van der Waals surface area contributed by atoms with E-state index in [1.807, 2.05) is 38.1 Å². The number of esters is 1. The van der Waals surface area contributed by atoms with E-state index in [-0.39, 0.29) is 5.97 Å². The van der Waals surface area contributed by atoms with Gasteiger partial charge in [-0.25, -0.2) is 4.79 Å². The van der Waals surface area contributed by atoms with Crippen molar-refractivity contribution in [3.05, 3.63) is 41.0 Å². The highest BCUT2D eigenvalue weighted by Crippen LogP contribution is 2.40. The second kappa shape index (κ2) is 3.73. The van der Waals surface area contributed by atoms with Crippen LogP contribution in [0.4, 0.5) is 0 Å². The SMILES string of the molecule is Cc1c2c(c(C)c3ccccc13)C(=O)OC(C)(C)O2. The molecule has 0 fully saturated rings. The number of rotatable bonds is 0. The fourth-order valence-electron chi connectivity index (χ4n) is 2.67. The first-order chi connectivity index (χ1) is 8.91. The average molecular weight is 256 g/mol. The summed E-state index contributed by atoms with van der Waals surface area (Å²) in [6.07, 6.45) is 0. The molecule has 1 aliphatic rings. The molecule has 3 nitrogen and oxygen atoms in total. The molecule has 19 heavy (non-hydrogen) atoms. The van der Waals surface area contributed by atoms with Crippen LogP contribution < -0.4 is 4.74 Å². The van der Waals surface area contributed by atoms with Crippen LogP contribution in [0.15, 0.2) is 24.3 Å². The van der Waals surface area contributed by atoms with Gasteiger partial charge in [0.05, 0.1) is 0 Å². The predicted octanol–water partition coefficient (Wildman–Crippen LogP) is 3.74. The minimum atomic E-state index is -0.913. The summed E-state index contributed by atoms with van der Waals surface area (Å²) in [7, 11) is 0. The van der Waals surface area contributed by atoms with Crippen LogP contribution in [0.2, 0.25) is 0 Å². The zero-order valence-corrected chi connectivity index (χ0v) is 11.5. The highest BCUT2D eigenvalue weighted by Gasteiger charge is 2.36. The van der Waals surface area contributed by atoms with Crippen molar-refractivity contribution in [3.63, 3.8) is 0 Å². The van der Waals surface area contributed by atoms with Gasteiger partial charge < -0.3 is 9.47 Å². The lowest BCUT2D eigenvalue weighted by molar-refractivity contribution is -0.127. The van der Waals surface area contributed by atoms with Crippen molar-refractivity contribution in [3.8, 4) is 5.75 Å². The molecule has 0 saturated heterocycles. The Balaban J connectivity index is 2.42. The van der Waals surface area contributed by atoms with Gasteiger partial charge in [0.15, 0.2) is 0 Å². The second-order valence-corrected chi connectivity index (χ2v) is 5.39. The van der Waals surface area contributed by atoms with Gasteiger partial charge in [-0.2, -0.15) is 0 Å². The summed E-state index contributed by atoms with van der Waals surface area (Å²) in [4.78, 5) is 12.2. The molecule has 0 saturated carbocycles. The first kappa shape index (κ1) is 12.0. The third kappa shape index (κ3) is 1.69. The maximum Gasteiger partial charge on any atom is 0.345 e.